The Morgan fingerprint density at radius 3 is 2.05 bits per heavy atom. The number of carboxylic acids is 2. The van der Waals surface area contributed by atoms with Crippen molar-refractivity contribution in [1.82, 2.24) is 0 Å². The summed E-state index contributed by atoms with van der Waals surface area (Å²) in [6.07, 6.45) is 0.562. The number of ether oxygens (including phenoxy) is 1. The van der Waals surface area contributed by atoms with E-state index in [1.54, 1.807) is 6.92 Å². The summed E-state index contributed by atoms with van der Waals surface area (Å²) in [5.74, 6) is -4.36. The van der Waals surface area contributed by atoms with Gasteiger partial charge < -0.3 is 24.5 Å². The Morgan fingerprint density at radius 2 is 1.60 bits per heavy atom. The van der Waals surface area contributed by atoms with E-state index in [0.717, 1.165) is 12.1 Å². The van der Waals surface area contributed by atoms with Crippen LogP contribution in [0.3, 0.4) is 0 Å². The van der Waals surface area contributed by atoms with Gasteiger partial charge in [0.05, 0.1) is 24.1 Å². The van der Waals surface area contributed by atoms with Crippen LogP contribution < -0.4 is 69.3 Å². The zero-order valence-electron chi connectivity index (χ0n) is 11.6. The zero-order chi connectivity index (χ0) is 13.7. The van der Waals surface area contributed by atoms with Crippen molar-refractivity contribution < 1.29 is 88.4 Å². The van der Waals surface area contributed by atoms with Crippen molar-refractivity contribution in [3.63, 3.8) is 0 Å². The summed E-state index contributed by atoms with van der Waals surface area (Å²) in [5.41, 5.74) is -1.69. The molecule has 1 aromatic rings. The maximum absolute atomic E-state index is 11.6. The van der Waals surface area contributed by atoms with Gasteiger partial charge in [0.1, 0.15) is 0 Å². The van der Waals surface area contributed by atoms with Gasteiger partial charge in [-0.15, -0.1) is 0 Å². The Bertz CT molecular complexity index is 501. The molecule has 0 spiro atoms. The predicted molar refractivity (Wildman–Crippen MR) is 55.7 cm³/mol. The fraction of sp³-hybridized carbons (Fsp3) is 0.250. The first-order chi connectivity index (χ1) is 8.49. The predicted octanol–water partition coefficient (Wildman–Crippen LogP) is -7.01. The summed E-state index contributed by atoms with van der Waals surface area (Å²) >= 11 is 0. The van der Waals surface area contributed by atoms with Gasteiger partial charge in [-0.1, -0.05) is 19.1 Å². The third-order valence-electron chi connectivity index (χ3n) is 2.15. The summed E-state index contributed by atoms with van der Waals surface area (Å²) in [7, 11) is 0. The fourth-order valence-corrected chi connectivity index (χ4v) is 1.38. The molecule has 0 saturated carbocycles. The van der Waals surface area contributed by atoms with E-state index >= 15 is 0 Å². The third kappa shape index (κ3) is 5.55. The number of carboxylic acid groups (broad SMARTS) is 2. The van der Waals surface area contributed by atoms with Gasteiger partial charge >= 0.3 is 65.1 Å². The Morgan fingerprint density at radius 1 is 1.05 bits per heavy atom. The number of carbonyl (C=O) groups is 3. The Kier molecular flexibility index (Phi) is 11.4. The van der Waals surface area contributed by atoms with Crippen molar-refractivity contribution >= 4 is 17.9 Å². The topological polar surface area (TPSA) is 107 Å². The average molecular weight is 296 g/mol. The van der Waals surface area contributed by atoms with Crippen LogP contribution in [0.15, 0.2) is 18.2 Å². The molecule has 0 saturated heterocycles. The minimum absolute atomic E-state index is 0. The van der Waals surface area contributed by atoms with Crippen LogP contribution in [-0.4, -0.2) is 24.5 Å². The first-order valence-corrected chi connectivity index (χ1v) is 5.21. The third-order valence-corrected chi connectivity index (χ3v) is 2.15. The molecule has 20 heavy (non-hydrogen) atoms. The molecule has 0 atom stereocenters. The van der Waals surface area contributed by atoms with Crippen molar-refractivity contribution in [3.8, 4) is 0 Å². The number of aromatic carboxylic acids is 2. The van der Waals surface area contributed by atoms with Crippen molar-refractivity contribution in [2.45, 2.75) is 13.3 Å². The summed E-state index contributed by atoms with van der Waals surface area (Å²) in [6.45, 7) is 1.88. The van der Waals surface area contributed by atoms with E-state index in [4.69, 9.17) is 4.74 Å². The van der Waals surface area contributed by atoms with Gasteiger partial charge in [-0.2, -0.15) is 0 Å². The van der Waals surface area contributed by atoms with Gasteiger partial charge in [-0.05, 0) is 12.5 Å². The van der Waals surface area contributed by atoms with E-state index in [2.05, 4.69) is 0 Å². The van der Waals surface area contributed by atoms with Gasteiger partial charge in [0, 0.05) is 11.1 Å². The number of benzene rings is 1. The summed E-state index contributed by atoms with van der Waals surface area (Å²) < 4.78 is 4.76. The monoisotopic (exact) mass is 296 g/mol. The van der Waals surface area contributed by atoms with Crippen LogP contribution in [0.2, 0.25) is 0 Å². The zero-order valence-corrected chi connectivity index (χ0v) is 15.6. The largest absolute Gasteiger partial charge is 1.00 e. The Labute approximate surface area is 160 Å². The average Bonchev–Trinajstić information content (AvgIpc) is 2.34. The molecule has 0 aliphatic heterocycles. The van der Waals surface area contributed by atoms with Crippen molar-refractivity contribution in [2.24, 2.45) is 0 Å². The number of esters is 1. The molecule has 0 aromatic heterocycles. The van der Waals surface area contributed by atoms with Crippen LogP contribution in [0.5, 0.6) is 0 Å². The minimum atomic E-state index is -1.77. The first-order valence-electron chi connectivity index (χ1n) is 5.21. The molecule has 0 aliphatic rings. The molecule has 0 N–H and O–H groups in total. The summed E-state index contributed by atoms with van der Waals surface area (Å²) in [6, 6.07) is 3.42. The number of hydrogen-bond donors (Lipinski definition) is 0. The second-order valence-electron chi connectivity index (χ2n) is 3.44. The van der Waals surface area contributed by atoms with Crippen LogP contribution in [-0.2, 0) is 4.74 Å². The molecule has 0 heterocycles. The Balaban J connectivity index is 0. The fourth-order valence-electron chi connectivity index (χ4n) is 1.38. The first kappa shape index (κ1) is 21.9. The number of rotatable bonds is 5. The number of hydrogen-bond acceptors (Lipinski definition) is 6. The van der Waals surface area contributed by atoms with Crippen LogP contribution >= 0.6 is 0 Å². The molecule has 0 fully saturated rings. The smallest absolute Gasteiger partial charge is 0.545 e. The molecule has 96 valence electrons. The molecule has 8 heteroatoms. The minimum Gasteiger partial charge on any atom is -0.545 e. The van der Waals surface area contributed by atoms with E-state index in [-0.39, 0.29) is 71.3 Å². The van der Waals surface area contributed by atoms with Gasteiger partial charge in [-0.25, -0.2) is 4.79 Å². The quantitative estimate of drug-likeness (QED) is 0.395. The van der Waals surface area contributed by atoms with Gasteiger partial charge in [0.25, 0.3) is 0 Å². The van der Waals surface area contributed by atoms with E-state index < -0.39 is 29.0 Å². The molecule has 0 amide bonds. The molecular formula is C12H10Na2O6. The standard InChI is InChI=1S/C12H12O6.2Na/c1-2-6-18-12(17)8-5-3-4-7(10(13)14)9(8)11(15)16;;/h3-5H,2,6H2,1H3,(H,13,14)(H,15,16);;/q;2*+1/p-2. The second kappa shape index (κ2) is 10.4. The van der Waals surface area contributed by atoms with Gasteiger partial charge in [0.2, 0.25) is 0 Å². The maximum Gasteiger partial charge on any atom is 1.00 e. The van der Waals surface area contributed by atoms with E-state index in [0.29, 0.717) is 6.42 Å². The van der Waals surface area contributed by atoms with Crippen LogP contribution in [0, 0.1) is 0 Å². The summed E-state index contributed by atoms with van der Waals surface area (Å²) in [5, 5.41) is 21.7. The van der Waals surface area contributed by atoms with Gasteiger partial charge in [0.15, 0.2) is 0 Å². The van der Waals surface area contributed by atoms with Crippen molar-refractivity contribution in [1.29, 1.82) is 0 Å². The molecule has 0 bridgehead atoms. The van der Waals surface area contributed by atoms with E-state index in [9.17, 15) is 24.6 Å². The molecule has 1 rings (SSSR count). The normalized spacial score (nSPS) is 8.85. The van der Waals surface area contributed by atoms with Crippen LogP contribution in [0.1, 0.15) is 44.4 Å². The van der Waals surface area contributed by atoms with Crippen LogP contribution in [0.25, 0.3) is 0 Å². The molecule has 0 radical (unpaired) electrons. The van der Waals surface area contributed by atoms with E-state index in [1.807, 2.05) is 0 Å². The molecule has 0 unspecified atom stereocenters. The molecule has 6 nitrogen and oxygen atoms in total. The second-order valence-corrected chi connectivity index (χ2v) is 3.44. The molecule has 0 aliphatic carbocycles. The number of carbonyl (C=O) groups excluding carboxylic acids is 3. The van der Waals surface area contributed by atoms with Crippen molar-refractivity contribution in [3.05, 3.63) is 34.9 Å². The Hall–Kier alpha value is -0.370. The molecular weight excluding hydrogens is 286 g/mol. The van der Waals surface area contributed by atoms with Crippen molar-refractivity contribution in [2.75, 3.05) is 6.61 Å². The summed E-state index contributed by atoms with van der Waals surface area (Å²) in [4.78, 5) is 33.3. The SMILES string of the molecule is CCCOC(=O)c1cccc(C(=O)[O-])c1C(=O)[O-].[Na+].[Na+]. The van der Waals surface area contributed by atoms with Gasteiger partial charge in [-0.3, -0.25) is 0 Å². The molecule has 1 aromatic carbocycles. The van der Waals surface area contributed by atoms with E-state index in [1.165, 1.54) is 6.07 Å². The van der Waals surface area contributed by atoms with Crippen LogP contribution in [0.4, 0.5) is 0 Å². The maximum atomic E-state index is 11.6.